The van der Waals surface area contributed by atoms with E-state index in [1.165, 1.54) is 0 Å². The first-order valence-corrected chi connectivity index (χ1v) is 6.92. The number of nitrogens with zero attached hydrogens (tertiary/aromatic N) is 2. The van der Waals surface area contributed by atoms with Crippen LogP contribution in [0.25, 0.3) is 0 Å². The van der Waals surface area contributed by atoms with Gasteiger partial charge in [-0.1, -0.05) is 20.8 Å². The van der Waals surface area contributed by atoms with Crippen molar-refractivity contribution in [2.75, 3.05) is 6.54 Å². The number of aliphatic carboxylic acids is 1. The molecular weight excluding hydrogens is 256 g/mol. The Hall–Kier alpha value is -1.36. The first-order valence-electron chi connectivity index (χ1n) is 6.92. The predicted molar refractivity (Wildman–Crippen MR) is 77.6 cm³/mol. The minimum Gasteiger partial charge on any atom is -0.481 e. The van der Waals surface area contributed by atoms with E-state index >= 15 is 0 Å². The van der Waals surface area contributed by atoms with Crippen molar-refractivity contribution in [3.8, 4) is 0 Å². The average Bonchev–Trinajstić information content (AvgIpc) is 2.70. The molecule has 0 aromatic carbocycles. The summed E-state index contributed by atoms with van der Waals surface area (Å²) in [5.74, 6) is 0.692. The summed E-state index contributed by atoms with van der Waals surface area (Å²) >= 11 is 0. The molecule has 0 bridgehead atoms. The van der Waals surface area contributed by atoms with E-state index in [1.54, 1.807) is 6.20 Å². The summed E-state index contributed by atoms with van der Waals surface area (Å²) in [4.78, 5) is 17.1. The molecule has 1 aromatic heterocycles. The topological polar surface area (TPSA) is 66.6 Å². The smallest absolute Gasteiger partial charge is 0.304 e. The van der Waals surface area contributed by atoms with Crippen molar-refractivity contribution in [2.45, 2.75) is 65.5 Å². The van der Waals surface area contributed by atoms with E-state index in [0.29, 0.717) is 19.0 Å². The molecule has 0 unspecified atom stereocenters. The Morgan fingerprint density at radius 2 is 1.90 bits per heavy atom. The van der Waals surface area contributed by atoms with Crippen LogP contribution in [0.1, 0.15) is 59.6 Å². The summed E-state index contributed by atoms with van der Waals surface area (Å²) in [6, 6.07) is 0. The van der Waals surface area contributed by atoms with Crippen LogP contribution >= 0.6 is 0 Å². The molecule has 0 aliphatic heterocycles. The molecule has 0 saturated heterocycles. The lowest BCUT2D eigenvalue weighted by molar-refractivity contribution is -0.137. The van der Waals surface area contributed by atoms with E-state index in [9.17, 15) is 4.79 Å². The first-order chi connectivity index (χ1) is 9.00. The third-order valence-corrected chi connectivity index (χ3v) is 3.16. The van der Waals surface area contributed by atoms with Gasteiger partial charge >= 0.3 is 5.97 Å². The van der Waals surface area contributed by atoms with Gasteiger partial charge in [-0.25, -0.2) is 4.98 Å². The molecule has 0 atom stereocenters. The number of rotatable bonds is 5. The summed E-state index contributed by atoms with van der Waals surface area (Å²) in [5.41, 5.74) is -0.204. The SMILES string of the molecule is CC(C)(C)c1cnc(CN(CCC(=O)O)C(C)(C)C)o1. The van der Waals surface area contributed by atoms with Gasteiger partial charge in [-0.2, -0.15) is 0 Å². The minimum absolute atomic E-state index is 0.0706. The van der Waals surface area contributed by atoms with Crippen molar-refractivity contribution >= 4 is 5.97 Å². The number of oxazole rings is 1. The van der Waals surface area contributed by atoms with Gasteiger partial charge in [-0.3, -0.25) is 9.69 Å². The van der Waals surface area contributed by atoms with Crippen LogP contribution in [0, 0.1) is 0 Å². The summed E-state index contributed by atoms with van der Waals surface area (Å²) in [6.07, 6.45) is 1.87. The molecule has 1 N–H and O–H groups in total. The Morgan fingerprint density at radius 3 is 2.30 bits per heavy atom. The maximum Gasteiger partial charge on any atom is 0.304 e. The summed E-state index contributed by atoms with van der Waals surface area (Å²) in [5, 5.41) is 8.84. The standard InChI is InChI=1S/C15H26N2O3/c1-14(2,3)11-9-16-12(20-11)10-17(15(4,5)6)8-7-13(18)19/h9H,7-8,10H2,1-6H3,(H,18,19). The van der Waals surface area contributed by atoms with Crippen molar-refractivity contribution in [1.29, 1.82) is 0 Å². The average molecular weight is 282 g/mol. The molecule has 0 aliphatic carbocycles. The summed E-state index contributed by atoms with van der Waals surface area (Å²) in [6.45, 7) is 13.4. The Kier molecular flexibility index (Phi) is 4.97. The van der Waals surface area contributed by atoms with Crippen molar-refractivity contribution < 1.29 is 14.3 Å². The highest BCUT2D eigenvalue weighted by molar-refractivity contribution is 5.66. The van der Waals surface area contributed by atoms with E-state index < -0.39 is 5.97 Å². The van der Waals surface area contributed by atoms with Gasteiger partial charge in [-0.05, 0) is 20.8 Å². The van der Waals surface area contributed by atoms with Crippen LogP contribution in [0.15, 0.2) is 10.6 Å². The zero-order valence-corrected chi connectivity index (χ0v) is 13.4. The number of aromatic nitrogens is 1. The van der Waals surface area contributed by atoms with Gasteiger partial charge in [0.05, 0.1) is 19.2 Å². The summed E-state index contributed by atoms with van der Waals surface area (Å²) in [7, 11) is 0. The molecule has 5 heteroatoms. The number of hydrogen-bond donors (Lipinski definition) is 1. The minimum atomic E-state index is -0.790. The summed E-state index contributed by atoms with van der Waals surface area (Å²) < 4.78 is 5.78. The van der Waals surface area contributed by atoms with Gasteiger partial charge in [0, 0.05) is 17.5 Å². The van der Waals surface area contributed by atoms with Crippen LogP contribution in [-0.2, 0) is 16.8 Å². The highest BCUT2D eigenvalue weighted by Crippen LogP contribution is 2.24. The van der Waals surface area contributed by atoms with E-state index in [4.69, 9.17) is 9.52 Å². The third-order valence-electron chi connectivity index (χ3n) is 3.16. The first kappa shape index (κ1) is 16.7. The quantitative estimate of drug-likeness (QED) is 0.899. The van der Waals surface area contributed by atoms with Gasteiger partial charge in [0.25, 0.3) is 0 Å². The fourth-order valence-corrected chi connectivity index (χ4v) is 1.78. The van der Waals surface area contributed by atoms with E-state index in [2.05, 4.69) is 51.4 Å². The maximum absolute atomic E-state index is 10.8. The van der Waals surface area contributed by atoms with Crippen molar-refractivity contribution in [3.63, 3.8) is 0 Å². The number of carboxylic acids is 1. The lowest BCUT2D eigenvalue weighted by Crippen LogP contribution is -2.42. The molecule has 0 saturated carbocycles. The molecule has 0 amide bonds. The van der Waals surface area contributed by atoms with Crippen molar-refractivity contribution in [2.24, 2.45) is 0 Å². The molecular formula is C15H26N2O3. The predicted octanol–water partition coefficient (Wildman–Crippen LogP) is 3.05. The van der Waals surface area contributed by atoms with Crippen LogP contribution < -0.4 is 0 Å². The Morgan fingerprint density at radius 1 is 1.30 bits per heavy atom. The highest BCUT2D eigenvalue weighted by Gasteiger charge is 2.25. The molecule has 1 rings (SSSR count). The van der Waals surface area contributed by atoms with Crippen LogP contribution in [0.2, 0.25) is 0 Å². The molecule has 5 nitrogen and oxygen atoms in total. The molecule has 0 spiro atoms. The molecule has 114 valence electrons. The lowest BCUT2D eigenvalue weighted by atomic mass is 9.94. The Balaban J connectivity index is 2.79. The van der Waals surface area contributed by atoms with E-state index in [0.717, 1.165) is 5.76 Å². The van der Waals surface area contributed by atoms with Crippen molar-refractivity contribution in [3.05, 3.63) is 17.8 Å². The Bertz CT molecular complexity index is 452. The molecule has 0 fully saturated rings. The molecule has 0 aliphatic rings. The molecule has 1 heterocycles. The zero-order chi connectivity index (χ0) is 15.6. The highest BCUT2D eigenvalue weighted by atomic mass is 16.4. The maximum atomic E-state index is 10.8. The van der Waals surface area contributed by atoms with Crippen LogP contribution in [0.5, 0.6) is 0 Å². The van der Waals surface area contributed by atoms with Gasteiger partial charge in [0.2, 0.25) is 5.89 Å². The van der Waals surface area contributed by atoms with Crippen LogP contribution in [0.3, 0.4) is 0 Å². The van der Waals surface area contributed by atoms with Crippen LogP contribution in [0.4, 0.5) is 0 Å². The Labute approximate surface area is 121 Å². The lowest BCUT2D eigenvalue weighted by Gasteiger charge is -2.34. The molecule has 1 aromatic rings. The van der Waals surface area contributed by atoms with Crippen molar-refractivity contribution in [1.82, 2.24) is 9.88 Å². The van der Waals surface area contributed by atoms with Crippen LogP contribution in [-0.4, -0.2) is 33.0 Å². The number of carbonyl (C=O) groups is 1. The second-order valence-corrected chi connectivity index (χ2v) is 7.10. The largest absolute Gasteiger partial charge is 0.481 e. The molecule has 0 radical (unpaired) electrons. The molecule has 20 heavy (non-hydrogen) atoms. The van der Waals surface area contributed by atoms with Gasteiger partial charge in [0.15, 0.2) is 0 Å². The normalized spacial score (nSPS) is 12.9. The second-order valence-electron chi connectivity index (χ2n) is 7.10. The number of hydrogen-bond acceptors (Lipinski definition) is 4. The van der Waals surface area contributed by atoms with Gasteiger partial charge in [-0.15, -0.1) is 0 Å². The van der Waals surface area contributed by atoms with E-state index in [1.807, 2.05) is 0 Å². The second kappa shape index (κ2) is 5.95. The third kappa shape index (κ3) is 4.96. The fraction of sp³-hybridized carbons (Fsp3) is 0.733. The fourth-order valence-electron chi connectivity index (χ4n) is 1.78. The van der Waals surface area contributed by atoms with Gasteiger partial charge in [0.1, 0.15) is 5.76 Å². The monoisotopic (exact) mass is 282 g/mol. The zero-order valence-electron chi connectivity index (χ0n) is 13.4. The van der Waals surface area contributed by atoms with Gasteiger partial charge < -0.3 is 9.52 Å². The number of carboxylic acid groups (broad SMARTS) is 1. The van der Waals surface area contributed by atoms with E-state index in [-0.39, 0.29) is 17.4 Å².